The van der Waals surface area contributed by atoms with Gasteiger partial charge in [-0.25, -0.2) is 4.98 Å². The lowest BCUT2D eigenvalue weighted by atomic mass is 10.1. The van der Waals surface area contributed by atoms with Gasteiger partial charge >= 0.3 is 0 Å². The van der Waals surface area contributed by atoms with E-state index in [1.807, 2.05) is 6.07 Å². The Morgan fingerprint density at radius 2 is 1.93 bits per heavy atom. The van der Waals surface area contributed by atoms with Crippen molar-refractivity contribution in [2.45, 2.75) is 24.5 Å². The minimum absolute atomic E-state index is 0.00176. The molecule has 3 heterocycles. The first-order chi connectivity index (χ1) is 13.5. The lowest BCUT2D eigenvalue weighted by molar-refractivity contribution is -0.0503. The first kappa shape index (κ1) is 18.2. The molecule has 0 amide bonds. The van der Waals surface area contributed by atoms with Crippen LogP contribution in [0.5, 0.6) is 0 Å². The number of aromatic amines is 1. The van der Waals surface area contributed by atoms with Crippen molar-refractivity contribution >= 4 is 28.7 Å². The van der Waals surface area contributed by atoms with Crippen LogP contribution in [0.4, 0.5) is 17.6 Å². The highest BCUT2D eigenvalue weighted by Gasteiger charge is 2.45. The van der Waals surface area contributed by atoms with Crippen LogP contribution in [-0.2, 0) is 4.74 Å². The van der Waals surface area contributed by atoms with Gasteiger partial charge in [0.05, 0.1) is 12.3 Å². The lowest BCUT2D eigenvalue weighted by Gasteiger charge is -2.17. The molecule has 2 aromatic heterocycles. The molecule has 0 aliphatic carbocycles. The van der Waals surface area contributed by atoms with Crippen LogP contribution >= 0.6 is 0 Å². The SMILES string of the molecule is Nc1nc2c(nc(/N=N/c3ccccc3)n2[C@@H]2O[C@H](CO)C(O)C2O)c(=O)[nH]1. The molecule has 1 saturated heterocycles. The van der Waals surface area contributed by atoms with E-state index in [9.17, 15) is 20.1 Å². The predicted molar refractivity (Wildman–Crippen MR) is 96.2 cm³/mol. The Labute approximate surface area is 157 Å². The Balaban J connectivity index is 1.87. The number of hydrogen-bond donors (Lipinski definition) is 5. The van der Waals surface area contributed by atoms with Crippen molar-refractivity contribution in [2.24, 2.45) is 10.2 Å². The van der Waals surface area contributed by atoms with Gasteiger partial charge in [0.2, 0.25) is 5.95 Å². The largest absolute Gasteiger partial charge is 0.394 e. The molecule has 1 aliphatic rings. The van der Waals surface area contributed by atoms with Gasteiger partial charge in [0, 0.05) is 0 Å². The van der Waals surface area contributed by atoms with Crippen molar-refractivity contribution in [1.29, 1.82) is 0 Å². The lowest BCUT2D eigenvalue weighted by Crippen LogP contribution is -2.33. The number of ether oxygens (including phenoxy) is 1. The van der Waals surface area contributed by atoms with Crippen molar-refractivity contribution < 1.29 is 20.1 Å². The summed E-state index contributed by atoms with van der Waals surface area (Å²) in [5, 5.41) is 37.9. The molecule has 28 heavy (non-hydrogen) atoms. The van der Waals surface area contributed by atoms with Crippen LogP contribution in [-0.4, -0.2) is 59.8 Å². The summed E-state index contributed by atoms with van der Waals surface area (Å²) in [4.78, 5) is 22.7. The maximum Gasteiger partial charge on any atom is 0.280 e. The van der Waals surface area contributed by atoms with E-state index >= 15 is 0 Å². The Morgan fingerprint density at radius 1 is 1.18 bits per heavy atom. The molecule has 0 spiro atoms. The fourth-order valence-electron chi connectivity index (χ4n) is 2.98. The normalized spacial score (nSPS) is 25.1. The van der Waals surface area contributed by atoms with Crippen LogP contribution in [0.3, 0.4) is 0 Å². The molecule has 0 bridgehead atoms. The van der Waals surface area contributed by atoms with Crippen molar-refractivity contribution in [1.82, 2.24) is 19.5 Å². The van der Waals surface area contributed by atoms with Gasteiger partial charge in [-0.15, -0.1) is 10.2 Å². The number of aliphatic hydroxyl groups is 3. The molecular formula is C16H17N7O5. The zero-order valence-corrected chi connectivity index (χ0v) is 14.4. The van der Waals surface area contributed by atoms with Crippen LogP contribution in [0, 0.1) is 0 Å². The van der Waals surface area contributed by atoms with E-state index in [-0.39, 0.29) is 23.1 Å². The van der Waals surface area contributed by atoms with Gasteiger partial charge in [-0.3, -0.25) is 14.3 Å². The average molecular weight is 387 g/mol. The molecule has 1 aromatic carbocycles. The van der Waals surface area contributed by atoms with Crippen LogP contribution in [0.15, 0.2) is 45.4 Å². The molecule has 1 aliphatic heterocycles. The highest BCUT2D eigenvalue weighted by atomic mass is 16.6. The minimum atomic E-state index is -1.43. The number of azo groups is 1. The monoisotopic (exact) mass is 387 g/mol. The van der Waals surface area contributed by atoms with Gasteiger partial charge in [0.25, 0.3) is 11.5 Å². The summed E-state index contributed by atoms with van der Waals surface area (Å²) >= 11 is 0. The van der Waals surface area contributed by atoms with E-state index < -0.39 is 36.7 Å². The van der Waals surface area contributed by atoms with Crippen molar-refractivity contribution in [3.63, 3.8) is 0 Å². The molecule has 3 aromatic rings. The maximum atomic E-state index is 12.2. The molecule has 2 unspecified atom stereocenters. The molecular weight excluding hydrogens is 370 g/mol. The standard InChI is InChI=1S/C16H17N7O5/c17-15-19-12-9(13(27)20-15)18-16(22-21-7-4-2-1-3-5-7)23(12)14-11(26)10(25)8(6-24)28-14/h1-5,8,10-11,14,24-26H,6H2,(H3,17,19,20,27)/b22-21+/t8-,10?,11?,14-/m1/s1. The van der Waals surface area contributed by atoms with Crippen LogP contribution in [0.2, 0.25) is 0 Å². The number of rotatable bonds is 4. The number of nitrogen functional groups attached to an aromatic ring is 1. The number of nitrogens with one attached hydrogen (secondary N) is 1. The van der Waals surface area contributed by atoms with E-state index in [1.165, 1.54) is 4.57 Å². The third-order valence-electron chi connectivity index (χ3n) is 4.33. The maximum absolute atomic E-state index is 12.2. The van der Waals surface area contributed by atoms with E-state index in [1.54, 1.807) is 24.3 Å². The van der Waals surface area contributed by atoms with Crippen LogP contribution < -0.4 is 11.3 Å². The number of fused-ring (bicyclic) bond motifs is 1. The van der Waals surface area contributed by atoms with E-state index in [0.29, 0.717) is 5.69 Å². The van der Waals surface area contributed by atoms with Gasteiger partial charge in [-0.05, 0) is 12.1 Å². The Kier molecular flexibility index (Phi) is 4.60. The second-order valence-corrected chi connectivity index (χ2v) is 6.17. The fraction of sp³-hybridized carbons (Fsp3) is 0.312. The number of nitrogens with zero attached hydrogens (tertiary/aromatic N) is 5. The number of imidazole rings is 1. The van der Waals surface area contributed by atoms with Gasteiger partial charge < -0.3 is 25.8 Å². The summed E-state index contributed by atoms with van der Waals surface area (Å²) in [5.74, 6) is -0.255. The first-order valence-electron chi connectivity index (χ1n) is 8.36. The Hall–Kier alpha value is -3.19. The van der Waals surface area contributed by atoms with Crippen molar-refractivity contribution in [3.8, 4) is 0 Å². The van der Waals surface area contributed by atoms with Crippen molar-refractivity contribution in [2.75, 3.05) is 12.3 Å². The average Bonchev–Trinajstić information content (AvgIpc) is 3.18. The summed E-state index contributed by atoms with van der Waals surface area (Å²) in [6, 6.07) is 8.80. The van der Waals surface area contributed by atoms with E-state index in [2.05, 4.69) is 25.2 Å². The number of hydrogen-bond acceptors (Lipinski definition) is 10. The van der Waals surface area contributed by atoms with Gasteiger partial charge in [0.1, 0.15) is 18.3 Å². The van der Waals surface area contributed by atoms with Gasteiger partial charge in [0.15, 0.2) is 17.4 Å². The van der Waals surface area contributed by atoms with Crippen LogP contribution in [0.1, 0.15) is 6.23 Å². The quantitative estimate of drug-likeness (QED) is 0.379. The number of H-pyrrole nitrogens is 1. The molecule has 4 rings (SSSR count). The molecule has 0 radical (unpaired) electrons. The molecule has 6 N–H and O–H groups in total. The molecule has 1 fully saturated rings. The van der Waals surface area contributed by atoms with E-state index in [4.69, 9.17) is 10.5 Å². The zero-order chi connectivity index (χ0) is 19.8. The predicted octanol–water partition coefficient (Wildman–Crippen LogP) is -0.271. The second-order valence-electron chi connectivity index (χ2n) is 6.17. The summed E-state index contributed by atoms with van der Waals surface area (Å²) in [7, 11) is 0. The van der Waals surface area contributed by atoms with Crippen molar-refractivity contribution in [3.05, 3.63) is 40.7 Å². The summed E-state index contributed by atoms with van der Waals surface area (Å²) in [6.45, 7) is -0.516. The highest BCUT2D eigenvalue weighted by molar-refractivity contribution is 5.74. The smallest absolute Gasteiger partial charge is 0.280 e. The summed E-state index contributed by atoms with van der Waals surface area (Å²) in [5.41, 5.74) is 5.46. The Bertz CT molecular complexity index is 1080. The molecule has 12 nitrogen and oxygen atoms in total. The summed E-state index contributed by atoms with van der Waals surface area (Å²) in [6.07, 6.45) is -5.03. The number of aliphatic hydroxyl groups excluding tert-OH is 3. The third kappa shape index (κ3) is 3.03. The van der Waals surface area contributed by atoms with Gasteiger partial charge in [-0.1, -0.05) is 18.2 Å². The minimum Gasteiger partial charge on any atom is -0.394 e. The second kappa shape index (κ2) is 7.09. The number of anilines is 1. The van der Waals surface area contributed by atoms with E-state index in [0.717, 1.165) is 0 Å². The number of aromatic nitrogens is 4. The summed E-state index contributed by atoms with van der Waals surface area (Å²) < 4.78 is 6.76. The van der Waals surface area contributed by atoms with Gasteiger partial charge in [-0.2, -0.15) is 4.98 Å². The molecule has 4 atom stereocenters. The Morgan fingerprint density at radius 3 is 2.61 bits per heavy atom. The number of benzene rings is 1. The fourth-order valence-corrected chi connectivity index (χ4v) is 2.98. The number of nitrogens with two attached hydrogens (primary N) is 1. The molecule has 12 heteroatoms. The zero-order valence-electron chi connectivity index (χ0n) is 14.4. The molecule has 146 valence electrons. The first-order valence-corrected chi connectivity index (χ1v) is 8.36. The topological polar surface area (TPSA) is 184 Å². The highest BCUT2D eigenvalue weighted by Crippen LogP contribution is 2.35. The molecule has 0 saturated carbocycles. The third-order valence-corrected chi connectivity index (χ3v) is 4.33. The van der Waals surface area contributed by atoms with Crippen LogP contribution in [0.25, 0.3) is 11.2 Å².